The van der Waals surface area contributed by atoms with E-state index >= 15 is 0 Å². The highest BCUT2D eigenvalue weighted by atomic mass is 16.5. The summed E-state index contributed by atoms with van der Waals surface area (Å²) in [5, 5.41) is 2.97. The van der Waals surface area contributed by atoms with Crippen LogP contribution in [0.5, 0.6) is 0 Å². The van der Waals surface area contributed by atoms with Crippen LogP contribution < -0.4 is 5.32 Å². The number of anilines is 1. The van der Waals surface area contributed by atoms with E-state index in [1.54, 1.807) is 7.11 Å². The first-order chi connectivity index (χ1) is 39.5. The number of nitrogens with one attached hydrogen (secondary N) is 1. The van der Waals surface area contributed by atoms with E-state index in [9.17, 15) is 14.4 Å². The summed E-state index contributed by atoms with van der Waals surface area (Å²) >= 11 is 0. The van der Waals surface area contributed by atoms with Gasteiger partial charge in [-0.05, 0) is 93.7 Å². The Balaban J connectivity index is 0. The van der Waals surface area contributed by atoms with Crippen molar-refractivity contribution in [3.63, 3.8) is 0 Å². The minimum absolute atomic E-state index is 0.0414. The summed E-state index contributed by atoms with van der Waals surface area (Å²) in [4.78, 5) is 45.4. The minimum atomic E-state index is -0.252. The van der Waals surface area contributed by atoms with Crippen LogP contribution in [0.2, 0.25) is 0 Å². The predicted octanol–water partition coefficient (Wildman–Crippen LogP) is 21.4. The second kappa shape index (κ2) is 47.6. The number of ether oxygens (including phenoxy) is 1. The molecule has 9 nitrogen and oxygen atoms in total. The molecule has 2 aliphatic rings. The number of aryl methyl sites for hydroxylation is 3. The Morgan fingerprint density at radius 3 is 1.88 bits per heavy atom. The molecule has 1 fully saturated rings. The molecular formula is C74H130N5O4+. The quantitative estimate of drug-likeness (QED) is 0.0372. The lowest BCUT2D eigenvalue weighted by Crippen LogP contribution is -2.44. The number of carbonyl (C=O) groups excluding carboxylic acids is 3. The molecule has 83 heavy (non-hydrogen) atoms. The minimum Gasteiger partial charge on any atom is -0.500 e. The molecule has 4 atom stereocenters. The van der Waals surface area contributed by atoms with Crippen LogP contribution >= 0.6 is 0 Å². The highest BCUT2D eigenvalue weighted by Crippen LogP contribution is 2.30. The highest BCUT2D eigenvalue weighted by molar-refractivity contribution is 6.04. The number of aldehydes is 1. The van der Waals surface area contributed by atoms with Crippen molar-refractivity contribution in [2.75, 3.05) is 39.6 Å². The predicted molar refractivity (Wildman–Crippen MR) is 364 cm³/mol. The van der Waals surface area contributed by atoms with Crippen LogP contribution in [-0.4, -0.2) is 71.3 Å². The number of hydrogen-bond acceptors (Lipinski definition) is 6. The van der Waals surface area contributed by atoms with E-state index in [0.717, 1.165) is 93.4 Å². The summed E-state index contributed by atoms with van der Waals surface area (Å²) in [5.74, 6) is 3.67. The molecule has 0 spiro atoms. The normalized spacial score (nSPS) is 15.1. The van der Waals surface area contributed by atoms with E-state index in [0.29, 0.717) is 30.3 Å². The van der Waals surface area contributed by atoms with Gasteiger partial charge in [0.2, 0.25) is 5.95 Å². The lowest BCUT2D eigenvalue weighted by atomic mass is 9.85. The van der Waals surface area contributed by atoms with E-state index in [1.165, 1.54) is 127 Å². The largest absolute Gasteiger partial charge is 0.500 e. The van der Waals surface area contributed by atoms with Gasteiger partial charge in [0.1, 0.15) is 24.4 Å². The molecule has 1 aromatic carbocycles. The van der Waals surface area contributed by atoms with E-state index in [1.807, 2.05) is 89.6 Å². The number of rotatable bonds is 26. The Labute approximate surface area is 512 Å². The average Bonchev–Trinajstić information content (AvgIpc) is 4.11. The summed E-state index contributed by atoms with van der Waals surface area (Å²) in [6.45, 7) is 44.4. The molecular weight excluding hydrogens is 1020 g/mol. The summed E-state index contributed by atoms with van der Waals surface area (Å²) in [7, 11) is 8.01. The van der Waals surface area contributed by atoms with Crippen molar-refractivity contribution in [1.29, 1.82) is 0 Å². The summed E-state index contributed by atoms with van der Waals surface area (Å²) < 4.78 is 8.43. The monoisotopic (exact) mass is 1150 g/mol. The van der Waals surface area contributed by atoms with E-state index < -0.39 is 0 Å². The van der Waals surface area contributed by atoms with Gasteiger partial charge in [-0.3, -0.25) is 19.9 Å². The van der Waals surface area contributed by atoms with E-state index in [4.69, 9.17) is 9.72 Å². The molecule has 1 saturated carbocycles. The molecule has 9 heteroatoms. The number of ketones is 1. The fraction of sp³-hybridized carbons (Fsp3) is 0.689. The summed E-state index contributed by atoms with van der Waals surface area (Å²) in [6, 6.07) is 9.71. The van der Waals surface area contributed by atoms with E-state index in [-0.39, 0.29) is 23.5 Å². The number of amides is 1. The highest BCUT2D eigenvalue weighted by Gasteiger charge is 2.30. The zero-order valence-electron chi connectivity index (χ0n) is 58.1. The van der Waals surface area contributed by atoms with Gasteiger partial charge in [0.25, 0.3) is 5.91 Å². The first-order valence-electron chi connectivity index (χ1n) is 33.3. The zero-order valence-corrected chi connectivity index (χ0v) is 58.1. The first kappa shape index (κ1) is 80.4. The second-order valence-electron chi connectivity index (χ2n) is 24.4. The number of allylic oxidation sites excluding steroid dienone is 5. The Kier molecular flexibility index (Phi) is 46.1. The average molecular weight is 1150 g/mol. The Hall–Kier alpha value is -4.63. The molecule has 3 aromatic rings. The molecule has 4 unspecified atom stereocenters. The maximum Gasteiger partial charge on any atom is 0.258 e. The van der Waals surface area contributed by atoms with Crippen molar-refractivity contribution in [2.24, 2.45) is 36.6 Å². The number of nitrogens with zero attached hydrogens (tertiary/aromatic N) is 4. The third kappa shape index (κ3) is 33.6. The third-order valence-corrected chi connectivity index (χ3v) is 16.3. The van der Waals surface area contributed by atoms with Crippen LogP contribution in [0.15, 0.2) is 71.5 Å². The fourth-order valence-electron chi connectivity index (χ4n) is 9.75. The lowest BCUT2D eigenvalue weighted by molar-refractivity contribution is -0.884. The van der Waals surface area contributed by atoms with Gasteiger partial charge in [-0.15, -0.1) is 0 Å². The summed E-state index contributed by atoms with van der Waals surface area (Å²) in [6.07, 6.45) is 33.4. The molecule has 1 N–H and O–H groups in total. The Morgan fingerprint density at radius 2 is 1.37 bits per heavy atom. The number of carbonyl (C=O) groups is 3. The third-order valence-electron chi connectivity index (χ3n) is 16.3. The topological polar surface area (TPSA) is 103 Å². The van der Waals surface area contributed by atoms with Crippen LogP contribution in [0.25, 0.3) is 16.6 Å². The van der Waals surface area contributed by atoms with Crippen molar-refractivity contribution in [3.8, 4) is 0 Å². The number of imidazole rings is 1. The number of pyridine rings is 1. The van der Waals surface area contributed by atoms with E-state index in [2.05, 4.69) is 120 Å². The first-order valence-corrected chi connectivity index (χ1v) is 33.3. The number of unbranched alkanes of at least 4 members (excludes halogenated alkanes) is 4. The number of hydrogen-bond donors (Lipinski definition) is 1. The van der Waals surface area contributed by atoms with Crippen LogP contribution in [0.4, 0.5) is 5.95 Å². The number of quaternary nitrogens is 1. The number of likely N-dealkylation sites (N-methyl/N-ethyl adjacent to an activating group) is 1. The molecule has 1 amide bonds. The van der Waals surface area contributed by atoms with Crippen LogP contribution in [0.1, 0.15) is 279 Å². The summed E-state index contributed by atoms with van der Waals surface area (Å²) in [5.41, 5.74) is 9.60. The molecule has 3 heterocycles. The lowest BCUT2D eigenvalue weighted by Gasteiger charge is -2.35. The maximum absolute atomic E-state index is 13.1. The zero-order chi connectivity index (χ0) is 63.5. The number of Topliss-reactive ketones (excluding diaryl/α,β-unsaturated/α-hetero) is 1. The fourth-order valence-corrected chi connectivity index (χ4v) is 9.75. The molecule has 0 bridgehead atoms. The molecule has 474 valence electrons. The Bertz CT molecular complexity index is 2320. The number of methoxy groups -OCH3 is 1. The van der Waals surface area contributed by atoms with Crippen LogP contribution in [0, 0.1) is 43.4 Å². The Morgan fingerprint density at radius 1 is 0.759 bits per heavy atom. The smallest absolute Gasteiger partial charge is 0.258 e. The van der Waals surface area contributed by atoms with Crippen molar-refractivity contribution in [1.82, 2.24) is 14.5 Å². The molecule has 0 saturated heterocycles. The van der Waals surface area contributed by atoms with Crippen molar-refractivity contribution in [3.05, 3.63) is 94.1 Å². The van der Waals surface area contributed by atoms with Gasteiger partial charge in [0.05, 0.1) is 56.5 Å². The molecule has 1 aliphatic heterocycles. The van der Waals surface area contributed by atoms with Gasteiger partial charge in [-0.25, -0.2) is 4.98 Å². The second-order valence-corrected chi connectivity index (χ2v) is 24.4. The van der Waals surface area contributed by atoms with Gasteiger partial charge in [-0.2, -0.15) is 0 Å². The van der Waals surface area contributed by atoms with Gasteiger partial charge < -0.3 is 18.6 Å². The van der Waals surface area contributed by atoms with Crippen LogP contribution in [0.3, 0.4) is 0 Å². The van der Waals surface area contributed by atoms with Gasteiger partial charge in [0.15, 0.2) is 0 Å². The maximum atomic E-state index is 13.1. The number of benzene rings is 1. The molecule has 0 radical (unpaired) electrons. The number of fused-ring (bicyclic) bond motifs is 1. The SMILES string of the molecule is C1CCCC1.C=C(/C=C\C(C)=C(\C)C(C)CC)C(CCC=O)C(=O)C(C)C.CC.CCCC.CCCCC(C)CC.CCCCCC(CC)CCC.COC1=C(c2cc(C(=O)Nc3nc4ccc(C)cc4n3C)cc(C)n2)C[N+](C)(C)CC1. The van der Waals surface area contributed by atoms with Crippen molar-refractivity contribution >= 4 is 40.5 Å². The molecule has 5 rings (SSSR count). The van der Waals surface area contributed by atoms with Crippen molar-refractivity contribution < 1.29 is 23.6 Å². The number of aromatic nitrogens is 3. The molecule has 2 aromatic heterocycles. The van der Waals surface area contributed by atoms with Gasteiger partial charge in [0, 0.05) is 36.6 Å². The van der Waals surface area contributed by atoms with Gasteiger partial charge in [-0.1, -0.05) is 248 Å². The van der Waals surface area contributed by atoms with Gasteiger partial charge >= 0.3 is 0 Å². The standard InChI is InChI=1S/C24H29N5O2.C20H32O2.C11H24.C8H18.C5H10.C4H10.C2H6/c1-15-7-8-19-21(11-15)28(3)24(26-19)27-23(30)17-12-16(2)25-20(13-17)18-14-29(4,5)10-9-22(18)31-6;1-8-15(4)18(7)16(5)11-12-17(6)19(10-9-13-21)20(22)14(2)3;1-4-7-8-10-11(6-3)9-5-2;1-4-6-7-8(3)5-2;1-2-4-5-3-1;1-3-4-2;1-2/h7-8,11-13H,9-10,14H2,1-6H3;11-15,19H,6,8-10H2,1-5,7H3;11H,4-10H2,1-3H3;8H,4-7H2,1-3H3;1-5H2;3-4H2,1-2H3;1-2H3/p+1/b;12-11-,18-16-;;;;;. The molecule has 1 aliphatic carbocycles. The van der Waals surface area contributed by atoms with Crippen LogP contribution in [-0.2, 0) is 21.4 Å². The van der Waals surface area contributed by atoms with Crippen molar-refractivity contribution in [2.45, 2.75) is 266 Å².